The number of nitrogens with zero attached hydrogens (tertiary/aromatic N) is 2. The smallest absolute Gasteiger partial charge is 0.335 e. The van der Waals surface area contributed by atoms with Crippen LogP contribution in [0.2, 0.25) is 0 Å². The summed E-state index contributed by atoms with van der Waals surface area (Å²) in [7, 11) is 0. The fourth-order valence-corrected chi connectivity index (χ4v) is 0.483. The van der Waals surface area contributed by atoms with Crippen molar-refractivity contribution in [1.82, 2.24) is 9.97 Å². The van der Waals surface area contributed by atoms with Gasteiger partial charge in [-0.15, -0.1) is 0 Å². The Bertz CT molecular complexity index is 201. The highest BCUT2D eigenvalue weighted by Gasteiger charge is 1.91. The highest BCUT2D eigenvalue weighted by molar-refractivity contribution is 5.02. The van der Waals surface area contributed by atoms with Crippen LogP contribution in [0.15, 0.2) is 12.3 Å². The molecule has 1 aromatic heterocycles. The normalized spacial score (nSPS) is 9.11. The van der Waals surface area contributed by atoms with Gasteiger partial charge < -0.3 is 4.84 Å². The first-order valence-corrected chi connectivity index (χ1v) is 2.49. The molecule has 1 aromatic rings. The minimum absolute atomic E-state index is 0.204. The van der Waals surface area contributed by atoms with Gasteiger partial charge >= 0.3 is 6.01 Å². The second-order valence-electron chi connectivity index (χ2n) is 1.60. The maximum absolute atomic E-state index is 4.79. The van der Waals surface area contributed by atoms with Gasteiger partial charge in [-0.25, -0.2) is 4.98 Å². The van der Waals surface area contributed by atoms with Crippen LogP contribution in [0.5, 0.6) is 6.01 Å². The third kappa shape index (κ3) is 1.36. The molecule has 0 spiro atoms. The molecule has 0 fully saturated rings. The molecule has 0 bridgehead atoms. The molecule has 0 aliphatic carbocycles. The van der Waals surface area contributed by atoms with E-state index in [9.17, 15) is 0 Å². The van der Waals surface area contributed by atoms with Gasteiger partial charge in [0, 0.05) is 11.9 Å². The molecule has 0 aromatic carbocycles. The van der Waals surface area contributed by atoms with Crippen LogP contribution in [0.25, 0.3) is 0 Å². The molecule has 0 radical (unpaired) electrons. The Hall–Kier alpha value is -1.16. The van der Waals surface area contributed by atoms with Gasteiger partial charge in [0.2, 0.25) is 0 Å². The lowest BCUT2D eigenvalue weighted by Crippen LogP contribution is -2.05. The molecule has 1 heterocycles. The summed E-state index contributed by atoms with van der Waals surface area (Å²) >= 11 is 0. The zero-order valence-corrected chi connectivity index (χ0v) is 5.03. The van der Waals surface area contributed by atoms with E-state index in [0.717, 1.165) is 5.69 Å². The minimum atomic E-state index is 0.204. The molecule has 9 heavy (non-hydrogen) atoms. The van der Waals surface area contributed by atoms with Gasteiger partial charge in [-0.3, -0.25) is 0 Å². The van der Waals surface area contributed by atoms with E-state index >= 15 is 0 Å². The molecule has 1 rings (SSSR count). The lowest BCUT2D eigenvalue weighted by molar-refractivity contribution is 0.305. The fraction of sp³-hybridized carbons (Fsp3) is 0.200. The Morgan fingerprint density at radius 1 is 1.67 bits per heavy atom. The maximum Gasteiger partial charge on any atom is 0.335 e. The Kier molecular flexibility index (Phi) is 1.60. The minimum Gasteiger partial charge on any atom is -0.371 e. The Balaban J connectivity index is 2.94. The first-order valence-electron chi connectivity index (χ1n) is 2.49. The monoisotopic (exact) mass is 125 g/mol. The van der Waals surface area contributed by atoms with Crippen molar-refractivity contribution in [3.63, 3.8) is 0 Å². The molecule has 48 valence electrons. The Morgan fingerprint density at radius 3 is 2.89 bits per heavy atom. The maximum atomic E-state index is 4.79. The third-order valence-electron chi connectivity index (χ3n) is 0.878. The molecule has 0 atom stereocenters. The molecule has 0 saturated carbocycles. The van der Waals surface area contributed by atoms with Gasteiger partial charge in [0.25, 0.3) is 0 Å². The second kappa shape index (κ2) is 2.41. The average molecular weight is 125 g/mol. The highest BCUT2D eigenvalue weighted by atomic mass is 16.6. The molecule has 4 heteroatoms. The molecular formula is C5H7N3O. The first-order chi connectivity index (χ1) is 4.33. The summed E-state index contributed by atoms with van der Waals surface area (Å²) in [6, 6.07) is 1.97. The highest BCUT2D eigenvalue weighted by Crippen LogP contribution is 1.97. The van der Waals surface area contributed by atoms with E-state index in [1.54, 1.807) is 12.3 Å². The van der Waals surface area contributed by atoms with E-state index in [0.29, 0.717) is 0 Å². The number of aromatic nitrogens is 2. The van der Waals surface area contributed by atoms with Crippen LogP contribution < -0.4 is 10.7 Å². The van der Waals surface area contributed by atoms with Crippen molar-refractivity contribution in [2.24, 2.45) is 5.90 Å². The summed E-state index contributed by atoms with van der Waals surface area (Å²) in [5, 5.41) is 0. The molecule has 0 unspecified atom stereocenters. The standard InChI is InChI=1S/C5H7N3O/c1-4-2-3-7-5(8-4)9-6/h2-3H,6H2,1H3. The summed E-state index contributed by atoms with van der Waals surface area (Å²) in [5.74, 6) is 4.79. The van der Waals surface area contributed by atoms with Crippen LogP contribution >= 0.6 is 0 Å². The third-order valence-corrected chi connectivity index (χ3v) is 0.878. The van der Waals surface area contributed by atoms with E-state index in [1.165, 1.54) is 0 Å². The van der Waals surface area contributed by atoms with Crippen molar-refractivity contribution >= 4 is 0 Å². The molecule has 4 nitrogen and oxygen atoms in total. The van der Waals surface area contributed by atoms with Crippen LogP contribution in [-0.4, -0.2) is 9.97 Å². The van der Waals surface area contributed by atoms with Gasteiger partial charge in [-0.05, 0) is 13.0 Å². The van der Waals surface area contributed by atoms with Crippen LogP contribution in [0, 0.1) is 6.92 Å². The second-order valence-corrected chi connectivity index (χ2v) is 1.60. The summed E-state index contributed by atoms with van der Waals surface area (Å²) in [6.45, 7) is 1.84. The van der Waals surface area contributed by atoms with Gasteiger partial charge in [-0.2, -0.15) is 10.9 Å². The van der Waals surface area contributed by atoms with Crippen LogP contribution in [-0.2, 0) is 0 Å². The molecule has 0 amide bonds. The molecule has 2 N–H and O–H groups in total. The molecule has 0 saturated heterocycles. The van der Waals surface area contributed by atoms with E-state index in [1.807, 2.05) is 6.92 Å². The summed E-state index contributed by atoms with van der Waals surface area (Å²) < 4.78 is 0. The lowest BCUT2D eigenvalue weighted by Gasteiger charge is -1.94. The quantitative estimate of drug-likeness (QED) is 0.538. The molecule has 0 aliphatic rings. The van der Waals surface area contributed by atoms with Gasteiger partial charge in [-0.1, -0.05) is 0 Å². The fourth-order valence-electron chi connectivity index (χ4n) is 0.483. The summed E-state index contributed by atoms with van der Waals surface area (Å²) in [5.41, 5.74) is 0.838. The number of rotatable bonds is 1. The molecular weight excluding hydrogens is 118 g/mol. The average Bonchev–Trinajstić information content (AvgIpc) is 1.88. The first kappa shape index (κ1) is 5.97. The zero-order valence-electron chi connectivity index (χ0n) is 5.03. The zero-order chi connectivity index (χ0) is 6.69. The predicted molar refractivity (Wildman–Crippen MR) is 31.6 cm³/mol. The Labute approximate surface area is 52.6 Å². The SMILES string of the molecule is Cc1ccnc(ON)n1. The van der Waals surface area contributed by atoms with Gasteiger partial charge in [0.15, 0.2) is 0 Å². The Morgan fingerprint density at radius 2 is 2.44 bits per heavy atom. The lowest BCUT2D eigenvalue weighted by atomic mass is 10.5. The number of aryl methyl sites for hydroxylation is 1. The topological polar surface area (TPSA) is 61.0 Å². The van der Waals surface area contributed by atoms with Crippen molar-refractivity contribution in [2.45, 2.75) is 6.92 Å². The van der Waals surface area contributed by atoms with Crippen molar-refractivity contribution in [3.8, 4) is 6.01 Å². The number of hydrogen-bond donors (Lipinski definition) is 1. The van der Waals surface area contributed by atoms with Crippen LogP contribution in [0.4, 0.5) is 0 Å². The van der Waals surface area contributed by atoms with Crippen molar-refractivity contribution in [2.75, 3.05) is 0 Å². The van der Waals surface area contributed by atoms with E-state index < -0.39 is 0 Å². The van der Waals surface area contributed by atoms with Crippen molar-refractivity contribution in [3.05, 3.63) is 18.0 Å². The van der Waals surface area contributed by atoms with Crippen LogP contribution in [0.1, 0.15) is 5.69 Å². The van der Waals surface area contributed by atoms with E-state index in [-0.39, 0.29) is 6.01 Å². The van der Waals surface area contributed by atoms with E-state index in [2.05, 4.69) is 14.8 Å². The molecule has 0 aliphatic heterocycles. The van der Waals surface area contributed by atoms with Crippen molar-refractivity contribution < 1.29 is 4.84 Å². The largest absolute Gasteiger partial charge is 0.371 e. The van der Waals surface area contributed by atoms with Crippen molar-refractivity contribution in [1.29, 1.82) is 0 Å². The van der Waals surface area contributed by atoms with Gasteiger partial charge in [0.1, 0.15) is 0 Å². The number of hydrogen-bond acceptors (Lipinski definition) is 4. The van der Waals surface area contributed by atoms with Crippen LogP contribution in [0.3, 0.4) is 0 Å². The van der Waals surface area contributed by atoms with Gasteiger partial charge in [0.05, 0.1) is 0 Å². The summed E-state index contributed by atoms with van der Waals surface area (Å²) in [4.78, 5) is 11.8. The summed E-state index contributed by atoms with van der Waals surface area (Å²) in [6.07, 6.45) is 1.59. The number of nitrogens with two attached hydrogens (primary N) is 1. The predicted octanol–water partition coefficient (Wildman–Crippen LogP) is 0.0375. The van der Waals surface area contributed by atoms with E-state index in [4.69, 9.17) is 5.90 Å².